The lowest BCUT2D eigenvalue weighted by atomic mass is 9.78. The van der Waals surface area contributed by atoms with Gasteiger partial charge in [-0.1, -0.05) is 45.4 Å². The van der Waals surface area contributed by atoms with E-state index in [1.165, 1.54) is 57.1 Å². The van der Waals surface area contributed by atoms with Crippen molar-refractivity contribution in [1.29, 1.82) is 5.26 Å². The molecule has 0 bridgehead atoms. The van der Waals surface area contributed by atoms with Gasteiger partial charge in [0.25, 0.3) is 0 Å². The van der Waals surface area contributed by atoms with Crippen molar-refractivity contribution in [3.63, 3.8) is 0 Å². The molecule has 0 aromatic heterocycles. The van der Waals surface area contributed by atoms with Crippen molar-refractivity contribution in [3.8, 4) is 11.8 Å². The molecule has 0 atom stereocenters. The minimum Gasteiger partial charge on any atom is -0.493 e. The third-order valence-corrected chi connectivity index (χ3v) is 4.75. The molecule has 120 valence electrons. The van der Waals surface area contributed by atoms with E-state index in [9.17, 15) is 4.39 Å². The summed E-state index contributed by atoms with van der Waals surface area (Å²) >= 11 is 0. The summed E-state index contributed by atoms with van der Waals surface area (Å²) in [6.45, 7) is 2.90. The highest BCUT2D eigenvalue weighted by molar-refractivity contribution is 5.36. The number of ether oxygens (including phenoxy) is 1. The van der Waals surface area contributed by atoms with Crippen LogP contribution in [0.25, 0.3) is 0 Å². The zero-order chi connectivity index (χ0) is 15.8. The van der Waals surface area contributed by atoms with Crippen molar-refractivity contribution in [2.45, 2.75) is 58.3 Å². The Morgan fingerprint density at radius 2 is 1.86 bits per heavy atom. The fraction of sp³-hybridized carbons (Fsp3) is 0.632. The van der Waals surface area contributed by atoms with Crippen LogP contribution in [0, 0.1) is 29.0 Å². The predicted molar refractivity (Wildman–Crippen MR) is 86.2 cm³/mol. The van der Waals surface area contributed by atoms with Crippen LogP contribution in [0.2, 0.25) is 0 Å². The second-order valence-corrected chi connectivity index (χ2v) is 6.42. The Morgan fingerprint density at radius 1 is 1.18 bits per heavy atom. The zero-order valence-corrected chi connectivity index (χ0v) is 13.5. The van der Waals surface area contributed by atoms with Gasteiger partial charge in [0.1, 0.15) is 17.6 Å². The number of hydrogen-bond acceptors (Lipinski definition) is 2. The molecule has 0 radical (unpaired) electrons. The Hall–Kier alpha value is -1.56. The third kappa shape index (κ3) is 5.02. The molecule has 0 amide bonds. The number of rotatable bonds is 7. The van der Waals surface area contributed by atoms with Crippen LogP contribution in [0.3, 0.4) is 0 Å². The molecule has 1 saturated carbocycles. The highest BCUT2D eigenvalue weighted by Crippen LogP contribution is 2.33. The van der Waals surface area contributed by atoms with E-state index >= 15 is 0 Å². The summed E-state index contributed by atoms with van der Waals surface area (Å²) < 4.78 is 19.0. The van der Waals surface area contributed by atoms with E-state index in [2.05, 4.69) is 6.92 Å². The van der Waals surface area contributed by atoms with Crippen LogP contribution in [-0.2, 0) is 0 Å². The SMILES string of the molecule is CCCC1CCC(CCCOc2ccc(C#N)c(F)c2)CC1. The lowest BCUT2D eigenvalue weighted by molar-refractivity contribution is 0.230. The van der Waals surface area contributed by atoms with Crippen LogP contribution in [-0.4, -0.2) is 6.61 Å². The van der Waals surface area contributed by atoms with Crippen LogP contribution >= 0.6 is 0 Å². The van der Waals surface area contributed by atoms with Crippen molar-refractivity contribution in [2.75, 3.05) is 6.61 Å². The summed E-state index contributed by atoms with van der Waals surface area (Å²) in [5.41, 5.74) is 0.0659. The van der Waals surface area contributed by atoms with E-state index < -0.39 is 5.82 Å². The summed E-state index contributed by atoms with van der Waals surface area (Å²) in [5, 5.41) is 8.69. The summed E-state index contributed by atoms with van der Waals surface area (Å²) in [5.74, 6) is 1.81. The van der Waals surface area contributed by atoms with Crippen LogP contribution in [0.15, 0.2) is 18.2 Å². The molecular formula is C19H26FNO. The van der Waals surface area contributed by atoms with Crippen LogP contribution in [0.5, 0.6) is 5.75 Å². The molecule has 1 fully saturated rings. The van der Waals surface area contributed by atoms with Crippen LogP contribution in [0.4, 0.5) is 4.39 Å². The monoisotopic (exact) mass is 303 g/mol. The molecule has 1 aliphatic carbocycles. The molecule has 1 aromatic carbocycles. The van der Waals surface area contributed by atoms with E-state index in [1.54, 1.807) is 6.07 Å². The summed E-state index contributed by atoms with van der Waals surface area (Å²) in [7, 11) is 0. The molecule has 0 N–H and O–H groups in total. The third-order valence-electron chi connectivity index (χ3n) is 4.75. The van der Waals surface area contributed by atoms with Crippen molar-refractivity contribution < 1.29 is 9.13 Å². The molecular weight excluding hydrogens is 277 g/mol. The Bertz CT molecular complexity index is 501. The molecule has 0 spiro atoms. The number of hydrogen-bond donors (Lipinski definition) is 0. The summed E-state index contributed by atoms with van der Waals surface area (Å²) in [6, 6.07) is 6.25. The minimum atomic E-state index is -0.505. The predicted octanol–water partition coefficient (Wildman–Crippen LogP) is 5.46. The van der Waals surface area contributed by atoms with Crippen LogP contribution < -0.4 is 4.74 Å². The van der Waals surface area contributed by atoms with Gasteiger partial charge in [0.15, 0.2) is 0 Å². The number of nitrogens with zero attached hydrogens (tertiary/aromatic N) is 1. The lowest BCUT2D eigenvalue weighted by Gasteiger charge is -2.28. The largest absolute Gasteiger partial charge is 0.493 e. The van der Waals surface area contributed by atoms with Gasteiger partial charge >= 0.3 is 0 Å². The maximum absolute atomic E-state index is 13.4. The molecule has 0 saturated heterocycles. The quantitative estimate of drug-likeness (QED) is 0.626. The zero-order valence-electron chi connectivity index (χ0n) is 13.5. The standard InChI is InChI=1S/C19H26FNO/c1-2-4-15-6-8-16(9-7-15)5-3-12-22-18-11-10-17(14-21)19(20)13-18/h10-11,13,15-16H,2-9,12H2,1H3. The molecule has 2 rings (SSSR count). The van der Waals surface area contributed by atoms with Gasteiger partial charge in [-0.25, -0.2) is 4.39 Å². The molecule has 0 unspecified atom stereocenters. The molecule has 1 aliphatic rings. The topological polar surface area (TPSA) is 33.0 Å². The smallest absolute Gasteiger partial charge is 0.144 e. The number of halogens is 1. The molecule has 3 heteroatoms. The molecule has 22 heavy (non-hydrogen) atoms. The second kappa shape index (κ2) is 8.78. The Labute approximate surface area is 133 Å². The van der Waals surface area contributed by atoms with Crippen molar-refractivity contribution in [3.05, 3.63) is 29.6 Å². The fourth-order valence-corrected chi connectivity index (χ4v) is 3.46. The first kappa shape index (κ1) is 16.8. The highest BCUT2D eigenvalue weighted by Gasteiger charge is 2.20. The van der Waals surface area contributed by atoms with Gasteiger partial charge in [-0.15, -0.1) is 0 Å². The van der Waals surface area contributed by atoms with Gasteiger partial charge in [-0.3, -0.25) is 0 Å². The van der Waals surface area contributed by atoms with E-state index in [0.29, 0.717) is 12.4 Å². The number of nitriles is 1. The fourth-order valence-electron chi connectivity index (χ4n) is 3.46. The van der Waals surface area contributed by atoms with Crippen molar-refractivity contribution >= 4 is 0 Å². The van der Waals surface area contributed by atoms with E-state index in [0.717, 1.165) is 18.3 Å². The highest BCUT2D eigenvalue weighted by atomic mass is 19.1. The van der Waals surface area contributed by atoms with E-state index in [-0.39, 0.29) is 5.56 Å². The normalized spacial score (nSPS) is 21.3. The van der Waals surface area contributed by atoms with Gasteiger partial charge in [0.05, 0.1) is 12.2 Å². The van der Waals surface area contributed by atoms with Crippen LogP contribution in [0.1, 0.15) is 63.9 Å². The van der Waals surface area contributed by atoms with Crippen molar-refractivity contribution in [2.24, 2.45) is 11.8 Å². The molecule has 2 nitrogen and oxygen atoms in total. The molecule has 0 heterocycles. The average Bonchev–Trinajstić information content (AvgIpc) is 2.53. The van der Waals surface area contributed by atoms with Gasteiger partial charge in [-0.2, -0.15) is 5.26 Å². The lowest BCUT2D eigenvalue weighted by Crippen LogP contribution is -2.15. The maximum atomic E-state index is 13.4. The van der Waals surface area contributed by atoms with Gasteiger partial charge in [0, 0.05) is 6.07 Å². The summed E-state index contributed by atoms with van der Waals surface area (Å²) in [6.07, 6.45) is 10.4. The maximum Gasteiger partial charge on any atom is 0.144 e. The Morgan fingerprint density at radius 3 is 2.45 bits per heavy atom. The first-order chi connectivity index (χ1) is 10.7. The Kier molecular flexibility index (Phi) is 6.71. The first-order valence-corrected chi connectivity index (χ1v) is 8.55. The van der Waals surface area contributed by atoms with E-state index in [1.807, 2.05) is 6.07 Å². The average molecular weight is 303 g/mol. The van der Waals surface area contributed by atoms with Gasteiger partial charge in [-0.05, 0) is 36.8 Å². The minimum absolute atomic E-state index is 0.0659. The number of benzene rings is 1. The summed E-state index contributed by atoms with van der Waals surface area (Å²) in [4.78, 5) is 0. The van der Waals surface area contributed by atoms with E-state index in [4.69, 9.17) is 10.00 Å². The first-order valence-electron chi connectivity index (χ1n) is 8.55. The van der Waals surface area contributed by atoms with Gasteiger partial charge in [0.2, 0.25) is 0 Å². The van der Waals surface area contributed by atoms with Crippen molar-refractivity contribution in [1.82, 2.24) is 0 Å². The Balaban J connectivity index is 1.64. The van der Waals surface area contributed by atoms with Gasteiger partial charge < -0.3 is 4.74 Å². The molecule has 1 aromatic rings. The second-order valence-electron chi connectivity index (χ2n) is 6.42. The molecule has 0 aliphatic heterocycles.